The summed E-state index contributed by atoms with van der Waals surface area (Å²) < 4.78 is 40.8. The Morgan fingerprint density at radius 3 is 2.69 bits per heavy atom. The first-order valence-corrected chi connectivity index (χ1v) is 10.5. The number of carbonyl (C=O) groups excluding carboxylic acids is 1. The summed E-state index contributed by atoms with van der Waals surface area (Å²) in [5.41, 5.74) is 0.453. The summed E-state index contributed by atoms with van der Waals surface area (Å²) in [6.07, 6.45) is 1.30. The van der Waals surface area contributed by atoms with E-state index in [0.29, 0.717) is 18.1 Å². The molecule has 0 saturated carbocycles. The fraction of sp³-hybridized carbons (Fsp3) is 0.522. The van der Waals surface area contributed by atoms with Gasteiger partial charge in [-0.3, -0.25) is 4.90 Å². The molecule has 0 bridgehead atoms. The second-order valence-corrected chi connectivity index (χ2v) is 8.84. The van der Waals surface area contributed by atoms with Crippen molar-refractivity contribution in [2.45, 2.75) is 71.3 Å². The normalized spacial score (nSPS) is 18.6. The van der Waals surface area contributed by atoms with Gasteiger partial charge in [0.05, 0.1) is 11.7 Å². The van der Waals surface area contributed by atoms with E-state index < -0.39 is 12.7 Å². The molecular weight excluding hydrogens is 420 g/mol. The Hall–Kier alpha value is -2.81. The number of amides is 1. The van der Waals surface area contributed by atoms with E-state index in [1.54, 1.807) is 24.4 Å². The van der Waals surface area contributed by atoms with E-state index in [2.05, 4.69) is 14.7 Å². The Morgan fingerprint density at radius 1 is 1.25 bits per heavy atom. The predicted octanol–water partition coefficient (Wildman–Crippen LogP) is 4.95. The van der Waals surface area contributed by atoms with E-state index in [1.807, 2.05) is 40.7 Å². The number of hydrogen-bond acceptors (Lipinski definition) is 6. The van der Waals surface area contributed by atoms with Gasteiger partial charge in [-0.1, -0.05) is 19.1 Å². The average Bonchev–Trinajstić information content (AvgIpc) is 3.08. The third-order valence-electron chi connectivity index (χ3n) is 5.07. The van der Waals surface area contributed by atoms with Crippen molar-refractivity contribution in [2.75, 3.05) is 11.5 Å². The van der Waals surface area contributed by atoms with Gasteiger partial charge in [0.25, 0.3) is 0 Å². The predicted molar refractivity (Wildman–Crippen MR) is 115 cm³/mol. The molecule has 1 saturated heterocycles. The molecule has 1 aromatic heterocycles. The number of ether oxygens (including phenoxy) is 3. The molecule has 7 nitrogen and oxygen atoms in total. The van der Waals surface area contributed by atoms with Gasteiger partial charge in [0.15, 0.2) is 0 Å². The van der Waals surface area contributed by atoms with Crippen LogP contribution in [0.3, 0.4) is 0 Å². The highest BCUT2D eigenvalue weighted by atomic mass is 19.3. The van der Waals surface area contributed by atoms with Crippen molar-refractivity contribution in [1.29, 1.82) is 0 Å². The van der Waals surface area contributed by atoms with Crippen LogP contribution in [0.1, 0.15) is 51.9 Å². The quantitative estimate of drug-likeness (QED) is 0.568. The summed E-state index contributed by atoms with van der Waals surface area (Å²) in [4.78, 5) is 22.9. The average molecular weight is 449 g/mol. The van der Waals surface area contributed by atoms with Gasteiger partial charge in [0.2, 0.25) is 0 Å². The Kier molecular flexibility index (Phi) is 7.28. The van der Waals surface area contributed by atoms with Crippen molar-refractivity contribution >= 4 is 11.9 Å². The number of alkyl halides is 2. The van der Waals surface area contributed by atoms with Crippen molar-refractivity contribution < 1.29 is 27.8 Å². The van der Waals surface area contributed by atoms with E-state index in [-0.39, 0.29) is 36.0 Å². The van der Waals surface area contributed by atoms with Gasteiger partial charge in [0, 0.05) is 12.6 Å². The first kappa shape index (κ1) is 23.8. The fourth-order valence-corrected chi connectivity index (χ4v) is 3.69. The van der Waals surface area contributed by atoms with E-state index in [1.165, 1.54) is 11.0 Å². The number of carbonyl (C=O) groups is 1. The van der Waals surface area contributed by atoms with Crippen LogP contribution in [0.4, 0.5) is 19.4 Å². The van der Waals surface area contributed by atoms with Crippen LogP contribution in [0.15, 0.2) is 36.5 Å². The minimum absolute atomic E-state index is 0.0593. The molecule has 1 aliphatic heterocycles. The molecule has 2 aromatic rings. The summed E-state index contributed by atoms with van der Waals surface area (Å²) in [5.74, 6) is 1.01. The third kappa shape index (κ3) is 6.12. The maximum atomic E-state index is 12.5. The van der Waals surface area contributed by atoms with E-state index in [9.17, 15) is 13.6 Å². The van der Waals surface area contributed by atoms with Crippen molar-refractivity contribution in [3.63, 3.8) is 0 Å². The van der Waals surface area contributed by atoms with Crippen molar-refractivity contribution in [1.82, 2.24) is 9.97 Å². The van der Waals surface area contributed by atoms with E-state index in [4.69, 9.17) is 9.47 Å². The second kappa shape index (κ2) is 9.77. The van der Waals surface area contributed by atoms with Crippen LogP contribution in [0.5, 0.6) is 5.75 Å². The zero-order chi connectivity index (χ0) is 23.5. The number of rotatable bonds is 8. The number of hydrogen-bond donors (Lipinski definition) is 0. The highest BCUT2D eigenvalue weighted by Gasteiger charge is 2.40. The lowest BCUT2D eigenvalue weighted by atomic mass is 9.97. The molecular formula is C23H29F2N3O4. The molecule has 9 heteroatoms. The Bertz CT molecular complexity index is 935. The Labute approximate surface area is 186 Å². The van der Waals surface area contributed by atoms with E-state index in [0.717, 1.165) is 5.56 Å². The number of cyclic esters (lactones) is 1. The van der Waals surface area contributed by atoms with Gasteiger partial charge in [-0.05, 0) is 57.4 Å². The maximum absolute atomic E-state index is 12.5. The summed E-state index contributed by atoms with van der Waals surface area (Å²) in [6.45, 7) is 7.05. The Morgan fingerprint density at radius 2 is 2.00 bits per heavy atom. The highest BCUT2D eigenvalue weighted by molar-refractivity contribution is 5.89. The smallest absolute Gasteiger partial charge is 0.416 e. The number of halogens is 2. The molecule has 0 unspecified atom stereocenters. The first-order valence-electron chi connectivity index (χ1n) is 10.5. The number of anilines is 1. The fourth-order valence-electron chi connectivity index (χ4n) is 3.69. The van der Waals surface area contributed by atoms with Crippen molar-refractivity contribution in [2.24, 2.45) is 0 Å². The molecule has 174 valence electrons. The van der Waals surface area contributed by atoms with Gasteiger partial charge >= 0.3 is 12.7 Å². The lowest BCUT2D eigenvalue weighted by Gasteiger charge is -2.31. The van der Waals surface area contributed by atoms with Crippen LogP contribution in [-0.2, 0) is 15.9 Å². The highest BCUT2D eigenvalue weighted by Crippen LogP contribution is 2.28. The SMILES string of the molecule is C[C@H](Cc1nccc(N2C(=O)OC[C@@H]2[C@@H](C)OC(C)(C)C)n1)c1cccc(OC(F)F)c1. The van der Waals surface area contributed by atoms with Crippen molar-refractivity contribution in [3.8, 4) is 5.75 Å². The minimum Gasteiger partial charge on any atom is -0.447 e. The Balaban J connectivity index is 1.76. The standard InChI is InChI=1S/C23H29F2N3O4/c1-14(16-7-6-8-17(12-16)31-21(24)25)11-19-26-10-9-20(27-19)28-18(13-30-22(28)29)15(2)32-23(3,4)5/h6-10,12,14-15,18,21H,11,13H2,1-5H3/t14-,15-,18-/m1/s1. The van der Waals surface area contributed by atoms with Crippen LogP contribution in [0.25, 0.3) is 0 Å². The molecule has 3 atom stereocenters. The topological polar surface area (TPSA) is 73.8 Å². The molecule has 0 aliphatic carbocycles. The van der Waals surface area contributed by atoms with Crippen LogP contribution in [-0.4, -0.2) is 47.0 Å². The molecule has 0 N–H and O–H groups in total. The van der Waals surface area contributed by atoms with E-state index >= 15 is 0 Å². The largest absolute Gasteiger partial charge is 0.447 e. The number of aromatic nitrogens is 2. The summed E-state index contributed by atoms with van der Waals surface area (Å²) in [7, 11) is 0. The van der Waals surface area contributed by atoms with Crippen LogP contribution in [0.2, 0.25) is 0 Å². The van der Waals surface area contributed by atoms with Crippen LogP contribution >= 0.6 is 0 Å². The van der Waals surface area contributed by atoms with Gasteiger partial charge in [-0.25, -0.2) is 14.8 Å². The number of nitrogens with zero attached hydrogens (tertiary/aromatic N) is 3. The van der Waals surface area contributed by atoms with Crippen LogP contribution in [0, 0.1) is 0 Å². The van der Waals surface area contributed by atoms with Gasteiger partial charge in [-0.15, -0.1) is 0 Å². The summed E-state index contributed by atoms with van der Waals surface area (Å²) >= 11 is 0. The maximum Gasteiger partial charge on any atom is 0.416 e. The lowest BCUT2D eigenvalue weighted by Crippen LogP contribution is -2.45. The molecule has 1 aromatic carbocycles. The molecule has 0 spiro atoms. The zero-order valence-corrected chi connectivity index (χ0v) is 18.9. The molecule has 0 radical (unpaired) electrons. The van der Waals surface area contributed by atoms with Gasteiger partial charge in [0.1, 0.15) is 30.0 Å². The van der Waals surface area contributed by atoms with Gasteiger partial charge < -0.3 is 14.2 Å². The molecule has 2 heterocycles. The lowest BCUT2D eigenvalue weighted by molar-refractivity contribution is -0.0618. The minimum atomic E-state index is -2.88. The molecule has 1 amide bonds. The summed E-state index contributed by atoms with van der Waals surface area (Å²) in [5, 5.41) is 0. The van der Waals surface area contributed by atoms with Crippen LogP contribution < -0.4 is 9.64 Å². The first-order chi connectivity index (χ1) is 15.0. The molecule has 1 fully saturated rings. The molecule has 1 aliphatic rings. The number of benzene rings is 1. The zero-order valence-electron chi connectivity index (χ0n) is 18.9. The van der Waals surface area contributed by atoms with Gasteiger partial charge in [-0.2, -0.15) is 8.78 Å². The third-order valence-corrected chi connectivity index (χ3v) is 5.07. The molecule has 32 heavy (non-hydrogen) atoms. The summed E-state index contributed by atoms with van der Waals surface area (Å²) in [6, 6.07) is 7.92. The van der Waals surface area contributed by atoms with Crippen molar-refractivity contribution in [3.05, 3.63) is 47.9 Å². The molecule has 3 rings (SSSR count). The monoisotopic (exact) mass is 449 g/mol. The second-order valence-electron chi connectivity index (χ2n) is 8.84.